The summed E-state index contributed by atoms with van der Waals surface area (Å²) in [6.45, 7) is 8.53. The molecule has 0 saturated carbocycles. The normalized spacial score (nSPS) is 12.7. The fourth-order valence-electron chi connectivity index (χ4n) is 1.87. The summed E-state index contributed by atoms with van der Waals surface area (Å²) in [4.78, 5) is 0. The van der Waals surface area contributed by atoms with Crippen LogP contribution in [0, 0.1) is 6.92 Å². The van der Waals surface area contributed by atoms with Crippen LogP contribution >= 0.6 is 15.9 Å². The summed E-state index contributed by atoms with van der Waals surface area (Å²) in [5.74, 6) is 0. The van der Waals surface area contributed by atoms with Crippen LogP contribution in [-0.2, 0) is 6.42 Å². The number of halogens is 1. The van der Waals surface area contributed by atoms with Gasteiger partial charge >= 0.3 is 0 Å². The van der Waals surface area contributed by atoms with E-state index in [0.29, 0.717) is 0 Å². The van der Waals surface area contributed by atoms with Gasteiger partial charge in [-0.1, -0.05) is 32.1 Å². The highest BCUT2D eigenvalue weighted by Crippen LogP contribution is 2.22. The second-order valence-corrected chi connectivity index (χ2v) is 5.15. The van der Waals surface area contributed by atoms with Gasteiger partial charge < -0.3 is 5.32 Å². The van der Waals surface area contributed by atoms with Crippen LogP contribution < -0.4 is 5.32 Å². The average molecular weight is 308 g/mol. The van der Waals surface area contributed by atoms with Gasteiger partial charge in [-0.3, -0.25) is 0 Å². The van der Waals surface area contributed by atoms with Gasteiger partial charge in [0.1, 0.15) is 0 Å². The van der Waals surface area contributed by atoms with Gasteiger partial charge in [0.25, 0.3) is 0 Å². The van der Waals surface area contributed by atoms with Crippen molar-refractivity contribution in [2.45, 2.75) is 40.5 Å². The predicted octanol–water partition coefficient (Wildman–Crippen LogP) is 5.56. The van der Waals surface area contributed by atoms with E-state index in [1.165, 1.54) is 16.8 Å². The number of hydrogen-bond donors (Lipinski definition) is 1. The molecule has 1 nitrogen and oxygen atoms in total. The van der Waals surface area contributed by atoms with Crippen LogP contribution in [0.4, 0.5) is 5.69 Å². The number of nitrogens with one attached hydrogen (secondary N) is 1. The second-order valence-electron chi connectivity index (χ2n) is 4.30. The standard InChI is InChI=1S/C16H22BrN/c1-5-8-15(17)16(7-3)18-14-10-9-12(4)13(6-2)11-14/h5,8-11,18H,6-7H2,1-4H3/b8-5?,16-15-. The van der Waals surface area contributed by atoms with Gasteiger partial charge in [0.2, 0.25) is 0 Å². The van der Waals surface area contributed by atoms with E-state index in [2.05, 4.69) is 66.3 Å². The summed E-state index contributed by atoms with van der Waals surface area (Å²) in [5, 5.41) is 3.50. The van der Waals surface area contributed by atoms with E-state index < -0.39 is 0 Å². The molecule has 1 rings (SSSR count). The van der Waals surface area contributed by atoms with Crippen LogP contribution in [0.15, 0.2) is 40.5 Å². The van der Waals surface area contributed by atoms with E-state index >= 15 is 0 Å². The van der Waals surface area contributed by atoms with Crippen molar-refractivity contribution in [1.82, 2.24) is 0 Å². The summed E-state index contributed by atoms with van der Waals surface area (Å²) >= 11 is 3.60. The van der Waals surface area contributed by atoms with E-state index in [-0.39, 0.29) is 0 Å². The van der Waals surface area contributed by atoms with E-state index in [1.807, 2.05) is 13.0 Å². The van der Waals surface area contributed by atoms with Crippen molar-refractivity contribution in [3.63, 3.8) is 0 Å². The lowest BCUT2D eigenvalue weighted by molar-refractivity contribution is 1.09. The molecule has 0 atom stereocenters. The third-order valence-corrected chi connectivity index (χ3v) is 3.72. The van der Waals surface area contributed by atoms with Gasteiger partial charge in [-0.15, -0.1) is 0 Å². The zero-order valence-electron chi connectivity index (χ0n) is 11.7. The molecule has 98 valence electrons. The number of allylic oxidation sites excluding steroid dienone is 4. The molecule has 1 N–H and O–H groups in total. The Morgan fingerprint density at radius 1 is 1.33 bits per heavy atom. The van der Waals surface area contributed by atoms with Crippen LogP contribution in [0.2, 0.25) is 0 Å². The maximum atomic E-state index is 3.60. The Bertz CT molecular complexity index is 458. The summed E-state index contributed by atoms with van der Waals surface area (Å²) in [7, 11) is 0. The zero-order valence-corrected chi connectivity index (χ0v) is 13.3. The molecule has 1 aromatic carbocycles. The van der Waals surface area contributed by atoms with Crippen LogP contribution in [0.1, 0.15) is 38.3 Å². The zero-order chi connectivity index (χ0) is 13.5. The number of rotatable bonds is 5. The Morgan fingerprint density at radius 2 is 2.06 bits per heavy atom. The van der Waals surface area contributed by atoms with Crippen molar-refractivity contribution in [2.24, 2.45) is 0 Å². The smallest absolute Gasteiger partial charge is 0.0385 e. The molecular weight excluding hydrogens is 286 g/mol. The molecule has 0 spiro atoms. The first-order valence-electron chi connectivity index (χ1n) is 6.50. The van der Waals surface area contributed by atoms with Crippen LogP contribution in [-0.4, -0.2) is 0 Å². The van der Waals surface area contributed by atoms with Gasteiger partial charge in [0.15, 0.2) is 0 Å². The lowest BCUT2D eigenvalue weighted by Gasteiger charge is -2.13. The summed E-state index contributed by atoms with van der Waals surface area (Å²) in [6, 6.07) is 6.55. The molecule has 0 aliphatic heterocycles. The average Bonchev–Trinajstić information content (AvgIpc) is 2.37. The molecule has 0 aliphatic carbocycles. The minimum Gasteiger partial charge on any atom is -0.358 e. The summed E-state index contributed by atoms with van der Waals surface area (Å²) < 4.78 is 1.12. The minimum atomic E-state index is 0.972. The molecule has 0 aromatic heterocycles. The summed E-state index contributed by atoms with van der Waals surface area (Å²) in [6.07, 6.45) is 6.15. The largest absolute Gasteiger partial charge is 0.358 e. The monoisotopic (exact) mass is 307 g/mol. The van der Waals surface area contributed by atoms with Crippen molar-refractivity contribution >= 4 is 21.6 Å². The third kappa shape index (κ3) is 4.02. The van der Waals surface area contributed by atoms with Crippen LogP contribution in [0.5, 0.6) is 0 Å². The fraction of sp³-hybridized carbons (Fsp3) is 0.375. The molecule has 0 fully saturated rings. The van der Waals surface area contributed by atoms with Gasteiger partial charge in [-0.25, -0.2) is 0 Å². The molecule has 0 heterocycles. The Balaban J connectivity index is 2.99. The molecular formula is C16H22BrN. The van der Waals surface area contributed by atoms with Gasteiger partial charge in [0.05, 0.1) is 0 Å². The van der Waals surface area contributed by atoms with Gasteiger partial charge in [-0.05, 0) is 65.9 Å². The summed E-state index contributed by atoms with van der Waals surface area (Å²) in [5.41, 5.74) is 5.13. The Kier molecular flexibility index (Phi) is 6.20. The molecule has 0 radical (unpaired) electrons. The Labute approximate surface area is 119 Å². The van der Waals surface area contributed by atoms with Crippen LogP contribution in [0.3, 0.4) is 0 Å². The van der Waals surface area contributed by atoms with Crippen molar-refractivity contribution in [3.05, 3.63) is 51.7 Å². The third-order valence-electron chi connectivity index (χ3n) is 2.98. The van der Waals surface area contributed by atoms with Crippen LogP contribution in [0.25, 0.3) is 0 Å². The highest BCUT2D eigenvalue weighted by Gasteiger charge is 2.02. The molecule has 0 unspecified atom stereocenters. The first-order chi connectivity index (χ1) is 8.62. The van der Waals surface area contributed by atoms with E-state index in [4.69, 9.17) is 0 Å². The maximum absolute atomic E-state index is 3.60. The highest BCUT2D eigenvalue weighted by atomic mass is 79.9. The number of aryl methyl sites for hydroxylation is 2. The molecule has 0 bridgehead atoms. The van der Waals surface area contributed by atoms with Gasteiger partial charge in [-0.2, -0.15) is 0 Å². The number of benzene rings is 1. The lowest BCUT2D eigenvalue weighted by Crippen LogP contribution is -2.01. The first-order valence-corrected chi connectivity index (χ1v) is 7.29. The maximum Gasteiger partial charge on any atom is 0.0385 e. The van der Waals surface area contributed by atoms with E-state index in [1.54, 1.807) is 0 Å². The first kappa shape index (κ1) is 15.0. The van der Waals surface area contributed by atoms with E-state index in [9.17, 15) is 0 Å². The topological polar surface area (TPSA) is 12.0 Å². The molecule has 0 amide bonds. The molecule has 0 saturated heterocycles. The number of hydrogen-bond acceptors (Lipinski definition) is 1. The highest BCUT2D eigenvalue weighted by molar-refractivity contribution is 9.11. The SMILES string of the molecule is CC=C/C(Br)=C(\CC)Nc1ccc(C)c(CC)c1. The second kappa shape index (κ2) is 7.42. The molecule has 1 aromatic rings. The fourth-order valence-corrected chi connectivity index (χ4v) is 2.51. The lowest BCUT2D eigenvalue weighted by atomic mass is 10.1. The van der Waals surface area contributed by atoms with Crippen molar-refractivity contribution in [3.8, 4) is 0 Å². The van der Waals surface area contributed by atoms with Crippen molar-refractivity contribution < 1.29 is 0 Å². The van der Waals surface area contributed by atoms with Gasteiger partial charge in [0, 0.05) is 15.9 Å². The molecule has 0 aliphatic rings. The number of anilines is 1. The Morgan fingerprint density at radius 3 is 2.61 bits per heavy atom. The van der Waals surface area contributed by atoms with Crippen molar-refractivity contribution in [2.75, 3.05) is 5.32 Å². The quantitative estimate of drug-likeness (QED) is 0.702. The minimum absolute atomic E-state index is 0.972. The Hall–Kier alpha value is -1.02. The predicted molar refractivity (Wildman–Crippen MR) is 85.2 cm³/mol. The molecule has 18 heavy (non-hydrogen) atoms. The van der Waals surface area contributed by atoms with Crippen molar-refractivity contribution in [1.29, 1.82) is 0 Å². The molecule has 2 heteroatoms. The van der Waals surface area contributed by atoms with E-state index in [0.717, 1.165) is 23.0 Å².